The Hall–Kier alpha value is -2.24. The maximum atomic E-state index is 11.2. The lowest BCUT2D eigenvalue weighted by Gasteiger charge is -2.19. The number of nitrogens with one attached hydrogen (secondary N) is 1. The average Bonchev–Trinajstić information content (AvgIpc) is 2.38. The van der Waals surface area contributed by atoms with E-state index in [1.54, 1.807) is 19.1 Å². The van der Waals surface area contributed by atoms with Crippen LogP contribution in [0.2, 0.25) is 0 Å². The Morgan fingerprint density at radius 3 is 3.06 bits per heavy atom. The number of anilines is 1. The van der Waals surface area contributed by atoms with Gasteiger partial charge in [-0.15, -0.1) is 0 Å². The van der Waals surface area contributed by atoms with Gasteiger partial charge in [0.2, 0.25) is 5.91 Å². The summed E-state index contributed by atoms with van der Waals surface area (Å²) in [5.74, 6) is 0.672. The highest BCUT2D eigenvalue weighted by atomic mass is 16.5. The van der Waals surface area contributed by atoms with Crippen molar-refractivity contribution in [2.24, 2.45) is 10.9 Å². The first kappa shape index (κ1) is 12.2. The van der Waals surface area contributed by atoms with E-state index in [4.69, 9.17) is 15.7 Å². The Labute approximate surface area is 104 Å². The number of nitrogens with zero attached hydrogens (tertiary/aromatic N) is 1. The molecule has 2 rings (SSSR count). The summed E-state index contributed by atoms with van der Waals surface area (Å²) in [6, 6.07) is 5.39. The van der Waals surface area contributed by atoms with Crippen LogP contribution < -0.4 is 15.8 Å². The molecule has 96 valence electrons. The van der Waals surface area contributed by atoms with Crippen LogP contribution in [0.3, 0.4) is 0 Å². The van der Waals surface area contributed by atoms with Crippen molar-refractivity contribution in [1.29, 1.82) is 0 Å². The highest BCUT2D eigenvalue weighted by Gasteiger charge is 2.16. The molecule has 0 saturated heterocycles. The molecule has 1 aromatic carbocycles. The van der Waals surface area contributed by atoms with Gasteiger partial charge in [0.15, 0.2) is 11.9 Å². The molecule has 6 heteroatoms. The Kier molecular flexibility index (Phi) is 3.36. The molecule has 1 aliphatic rings. The largest absolute Gasteiger partial charge is 0.483 e. The highest BCUT2D eigenvalue weighted by molar-refractivity contribution is 5.94. The molecule has 0 bridgehead atoms. The van der Waals surface area contributed by atoms with Gasteiger partial charge in [0.1, 0.15) is 5.75 Å². The predicted octanol–water partition coefficient (Wildman–Crippen LogP) is 1.08. The second-order valence-corrected chi connectivity index (χ2v) is 4.15. The number of hydrogen-bond acceptors (Lipinski definition) is 4. The third kappa shape index (κ3) is 2.53. The number of hydrogen-bond donors (Lipinski definition) is 3. The van der Waals surface area contributed by atoms with Crippen LogP contribution in [0.1, 0.15) is 18.9 Å². The van der Waals surface area contributed by atoms with Gasteiger partial charge in [-0.3, -0.25) is 4.79 Å². The molecule has 18 heavy (non-hydrogen) atoms. The predicted molar refractivity (Wildman–Crippen MR) is 66.9 cm³/mol. The molecule has 1 unspecified atom stereocenters. The lowest BCUT2D eigenvalue weighted by Crippen LogP contribution is -2.31. The molecule has 0 spiro atoms. The van der Waals surface area contributed by atoms with Crippen LogP contribution in [0.15, 0.2) is 23.4 Å². The summed E-state index contributed by atoms with van der Waals surface area (Å²) < 4.78 is 5.53. The van der Waals surface area contributed by atoms with E-state index >= 15 is 0 Å². The molecule has 4 N–H and O–H groups in total. The standard InChI is InChI=1S/C12H15N3O3/c1-7(12(13)15-17)18-9-3-4-10-8(6-9)2-5-11(16)14-10/h3-4,6-7,17H,2,5H2,1H3,(H2,13,15)(H,14,16). The van der Waals surface area contributed by atoms with Crippen LogP contribution in [0.5, 0.6) is 5.75 Å². The molecule has 0 aromatic heterocycles. The van der Waals surface area contributed by atoms with E-state index in [0.29, 0.717) is 18.6 Å². The zero-order valence-corrected chi connectivity index (χ0v) is 10.0. The number of benzene rings is 1. The molecule has 0 saturated carbocycles. The van der Waals surface area contributed by atoms with Crippen molar-refractivity contribution < 1.29 is 14.7 Å². The maximum absolute atomic E-state index is 11.2. The number of carbonyl (C=O) groups is 1. The first-order chi connectivity index (χ1) is 8.60. The van der Waals surface area contributed by atoms with Crippen LogP contribution in [0, 0.1) is 0 Å². The van der Waals surface area contributed by atoms with Gasteiger partial charge in [-0.1, -0.05) is 5.16 Å². The van der Waals surface area contributed by atoms with Gasteiger partial charge in [-0.25, -0.2) is 0 Å². The van der Waals surface area contributed by atoms with Gasteiger partial charge in [0.25, 0.3) is 0 Å². The van der Waals surface area contributed by atoms with Crippen molar-refractivity contribution >= 4 is 17.4 Å². The third-order valence-corrected chi connectivity index (χ3v) is 2.82. The van der Waals surface area contributed by atoms with Gasteiger partial charge in [-0.2, -0.15) is 0 Å². The topological polar surface area (TPSA) is 96.9 Å². The van der Waals surface area contributed by atoms with E-state index in [9.17, 15) is 4.79 Å². The second-order valence-electron chi connectivity index (χ2n) is 4.15. The first-order valence-electron chi connectivity index (χ1n) is 5.67. The zero-order valence-electron chi connectivity index (χ0n) is 10.0. The van der Waals surface area contributed by atoms with Crippen molar-refractivity contribution in [3.63, 3.8) is 0 Å². The van der Waals surface area contributed by atoms with E-state index in [2.05, 4.69) is 10.5 Å². The van der Waals surface area contributed by atoms with Crippen LogP contribution in [0.4, 0.5) is 5.69 Å². The van der Waals surface area contributed by atoms with Gasteiger partial charge in [0.05, 0.1) is 0 Å². The molecule has 1 aliphatic heterocycles. The van der Waals surface area contributed by atoms with E-state index in [-0.39, 0.29) is 11.7 Å². The van der Waals surface area contributed by atoms with E-state index in [1.807, 2.05) is 6.07 Å². The molecule has 0 aliphatic carbocycles. The Morgan fingerprint density at radius 2 is 2.33 bits per heavy atom. The van der Waals surface area contributed by atoms with Crippen LogP contribution in [0.25, 0.3) is 0 Å². The third-order valence-electron chi connectivity index (χ3n) is 2.82. The SMILES string of the molecule is CC(Oc1ccc2c(c1)CCC(=O)N2)C(N)=NO. The lowest BCUT2D eigenvalue weighted by atomic mass is 10.0. The Balaban J connectivity index is 2.14. The lowest BCUT2D eigenvalue weighted by molar-refractivity contribution is -0.116. The molecule has 1 amide bonds. The average molecular weight is 249 g/mol. The van der Waals surface area contributed by atoms with E-state index < -0.39 is 6.10 Å². The van der Waals surface area contributed by atoms with Crippen molar-refractivity contribution in [1.82, 2.24) is 0 Å². The number of oxime groups is 1. The molecule has 1 aromatic rings. The molecule has 1 atom stereocenters. The normalized spacial score (nSPS) is 16.7. The van der Waals surface area contributed by atoms with Crippen molar-refractivity contribution in [3.05, 3.63) is 23.8 Å². The minimum absolute atomic E-state index is 0.0148. The van der Waals surface area contributed by atoms with Crippen LogP contribution in [-0.2, 0) is 11.2 Å². The quantitative estimate of drug-likeness (QED) is 0.323. The smallest absolute Gasteiger partial charge is 0.224 e. The summed E-state index contributed by atoms with van der Waals surface area (Å²) in [5.41, 5.74) is 7.28. The highest BCUT2D eigenvalue weighted by Crippen LogP contribution is 2.27. The number of rotatable bonds is 3. The monoisotopic (exact) mass is 249 g/mol. The first-order valence-corrected chi connectivity index (χ1v) is 5.67. The van der Waals surface area contributed by atoms with Gasteiger partial charge in [0, 0.05) is 12.1 Å². The number of amidine groups is 1. The van der Waals surface area contributed by atoms with Crippen LogP contribution >= 0.6 is 0 Å². The Bertz CT molecular complexity index is 499. The zero-order chi connectivity index (χ0) is 13.1. The number of carbonyl (C=O) groups excluding carboxylic acids is 1. The fourth-order valence-electron chi connectivity index (χ4n) is 1.78. The molecular formula is C12H15N3O3. The van der Waals surface area contributed by atoms with Crippen LogP contribution in [-0.4, -0.2) is 23.1 Å². The number of fused-ring (bicyclic) bond motifs is 1. The minimum Gasteiger partial charge on any atom is -0.483 e. The van der Waals surface area contributed by atoms with Crippen molar-refractivity contribution in [2.45, 2.75) is 25.9 Å². The van der Waals surface area contributed by atoms with Crippen molar-refractivity contribution in [2.75, 3.05) is 5.32 Å². The number of ether oxygens (including phenoxy) is 1. The number of amides is 1. The number of nitrogens with two attached hydrogens (primary N) is 1. The summed E-state index contributed by atoms with van der Waals surface area (Å²) in [5, 5.41) is 14.2. The fourth-order valence-corrected chi connectivity index (χ4v) is 1.78. The minimum atomic E-state index is -0.508. The molecule has 0 fully saturated rings. The molecule has 0 radical (unpaired) electrons. The van der Waals surface area contributed by atoms with Gasteiger partial charge in [-0.05, 0) is 37.1 Å². The summed E-state index contributed by atoms with van der Waals surface area (Å²) in [6.45, 7) is 1.69. The summed E-state index contributed by atoms with van der Waals surface area (Å²) in [6.07, 6.45) is 0.661. The summed E-state index contributed by atoms with van der Waals surface area (Å²) >= 11 is 0. The van der Waals surface area contributed by atoms with Gasteiger partial charge >= 0.3 is 0 Å². The molecule has 1 heterocycles. The summed E-state index contributed by atoms with van der Waals surface area (Å²) in [7, 11) is 0. The fraction of sp³-hybridized carbons (Fsp3) is 0.333. The van der Waals surface area contributed by atoms with E-state index in [1.165, 1.54) is 0 Å². The summed E-state index contributed by atoms with van der Waals surface area (Å²) in [4.78, 5) is 11.2. The second kappa shape index (κ2) is 4.95. The molecular weight excluding hydrogens is 234 g/mol. The van der Waals surface area contributed by atoms with Gasteiger partial charge < -0.3 is 21.0 Å². The maximum Gasteiger partial charge on any atom is 0.224 e. The molecule has 6 nitrogen and oxygen atoms in total. The Morgan fingerprint density at radius 1 is 1.56 bits per heavy atom. The van der Waals surface area contributed by atoms with Crippen molar-refractivity contribution in [3.8, 4) is 5.75 Å². The van der Waals surface area contributed by atoms with E-state index in [0.717, 1.165) is 11.3 Å². The number of aryl methyl sites for hydroxylation is 1.